The number of hydrogen-bond donors (Lipinski definition) is 3. The third-order valence-electron chi connectivity index (χ3n) is 4.65. The summed E-state index contributed by atoms with van der Waals surface area (Å²) in [5, 5.41) is 17.8. The van der Waals surface area contributed by atoms with Gasteiger partial charge in [0.05, 0.1) is 12.1 Å². The van der Waals surface area contributed by atoms with E-state index < -0.39 is 12.1 Å². The minimum atomic E-state index is -0.679. The first-order valence-corrected chi connectivity index (χ1v) is 8.63. The van der Waals surface area contributed by atoms with E-state index >= 15 is 0 Å². The fourth-order valence-electron chi connectivity index (χ4n) is 3.48. The number of nitrogens with one attached hydrogen (secondary N) is 2. The molecule has 3 rings (SSSR count). The molecule has 1 saturated heterocycles. The molecule has 2 unspecified atom stereocenters. The Hall–Kier alpha value is -1.01. The summed E-state index contributed by atoms with van der Waals surface area (Å²) in [6, 6.07) is 2.96. The van der Waals surface area contributed by atoms with Crippen molar-refractivity contribution in [1.82, 2.24) is 15.5 Å². The fraction of sp³-hybridized carbons (Fsp3) is 0.562. The summed E-state index contributed by atoms with van der Waals surface area (Å²) in [6.07, 6.45) is 1.77. The zero-order valence-electron chi connectivity index (χ0n) is 13.0. The van der Waals surface area contributed by atoms with Crippen molar-refractivity contribution in [3.8, 4) is 0 Å². The number of carbonyl (C=O) groups is 1. The highest BCUT2D eigenvalue weighted by molar-refractivity contribution is 6.35. The Morgan fingerprint density at radius 1 is 1.43 bits per heavy atom. The van der Waals surface area contributed by atoms with Crippen LogP contribution in [0.5, 0.6) is 0 Å². The topological polar surface area (TPSA) is 64.6 Å². The maximum absolute atomic E-state index is 12.5. The number of rotatable bonds is 2. The second-order valence-electron chi connectivity index (χ2n) is 6.28. The molecule has 7 heteroatoms. The van der Waals surface area contributed by atoms with Crippen molar-refractivity contribution < 1.29 is 9.90 Å². The van der Waals surface area contributed by atoms with Gasteiger partial charge in [-0.15, -0.1) is 0 Å². The zero-order valence-corrected chi connectivity index (χ0v) is 14.5. The first-order chi connectivity index (χ1) is 11.0. The van der Waals surface area contributed by atoms with E-state index in [4.69, 9.17) is 23.2 Å². The molecule has 1 heterocycles. The van der Waals surface area contributed by atoms with Crippen LogP contribution in [0.15, 0.2) is 12.1 Å². The molecule has 0 saturated carbocycles. The number of amides is 2. The summed E-state index contributed by atoms with van der Waals surface area (Å²) >= 11 is 12.3. The summed E-state index contributed by atoms with van der Waals surface area (Å²) < 4.78 is 0. The Morgan fingerprint density at radius 3 is 2.91 bits per heavy atom. The van der Waals surface area contributed by atoms with E-state index in [0.717, 1.165) is 37.1 Å². The van der Waals surface area contributed by atoms with Crippen molar-refractivity contribution in [1.29, 1.82) is 0 Å². The number of urea groups is 1. The summed E-state index contributed by atoms with van der Waals surface area (Å²) in [5.74, 6) is 0. The molecule has 0 aromatic heterocycles. The number of hydrogen-bond acceptors (Lipinski definition) is 3. The van der Waals surface area contributed by atoms with Gasteiger partial charge in [0.25, 0.3) is 0 Å². The molecule has 2 amide bonds. The number of aliphatic hydroxyl groups excluding tert-OH is 1. The lowest BCUT2D eigenvalue weighted by Crippen LogP contribution is -2.51. The Labute approximate surface area is 145 Å². The largest absolute Gasteiger partial charge is 0.390 e. The van der Waals surface area contributed by atoms with Gasteiger partial charge in [0.2, 0.25) is 0 Å². The van der Waals surface area contributed by atoms with Gasteiger partial charge in [0.1, 0.15) is 0 Å². The summed E-state index contributed by atoms with van der Waals surface area (Å²) in [7, 11) is 1.70. The standard InChI is InChI=1S/C16H21Cl2N3O2/c1-21(16(23)20-10-3-2-4-19-8-10)15-12-5-9(17)6-13(18)11(12)7-14(15)22/h5-6,10,14-15,19,22H,2-4,7-8H2,1H3,(H,20,23)/t10-,14?,15?/m0/s1. The molecule has 1 aliphatic heterocycles. The summed E-state index contributed by atoms with van der Waals surface area (Å²) in [4.78, 5) is 14.1. The molecule has 2 aliphatic rings. The van der Waals surface area contributed by atoms with E-state index in [2.05, 4.69) is 10.6 Å². The van der Waals surface area contributed by atoms with Crippen molar-refractivity contribution >= 4 is 29.2 Å². The van der Waals surface area contributed by atoms with E-state index in [1.807, 2.05) is 0 Å². The van der Waals surface area contributed by atoms with Gasteiger partial charge in [-0.3, -0.25) is 0 Å². The fourth-order valence-corrected chi connectivity index (χ4v) is 4.06. The van der Waals surface area contributed by atoms with Crippen LogP contribution in [0.1, 0.15) is 30.0 Å². The van der Waals surface area contributed by atoms with Crippen LogP contribution >= 0.6 is 23.2 Å². The first kappa shape index (κ1) is 16.8. The Bertz CT molecular complexity index is 605. The molecule has 1 aromatic rings. The molecule has 5 nitrogen and oxygen atoms in total. The van der Waals surface area contributed by atoms with Crippen LogP contribution < -0.4 is 10.6 Å². The predicted octanol–water partition coefficient (Wildman–Crippen LogP) is 2.34. The number of nitrogens with zero attached hydrogens (tertiary/aromatic N) is 1. The van der Waals surface area contributed by atoms with Gasteiger partial charge < -0.3 is 20.6 Å². The molecule has 0 bridgehead atoms. The molecule has 3 N–H and O–H groups in total. The zero-order chi connectivity index (χ0) is 16.6. The predicted molar refractivity (Wildman–Crippen MR) is 91.1 cm³/mol. The third-order valence-corrected chi connectivity index (χ3v) is 5.21. The van der Waals surface area contributed by atoms with Crippen LogP contribution in [0, 0.1) is 0 Å². The van der Waals surface area contributed by atoms with Crippen LogP contribution in [0.3, 0.4) is 0 Å². The minimum Gasteiger partial charge on any atom is -0.390 e. The molecule has 1 aromatic carbocycles. The SMILES string of the molecule is CN(C(=O)N[C@H]1CCCNC1)C1c2cc(Cl)cc(Cl)c2CC1O. The van der Waals surface area contributed by atoms with Crippen LogP contribution in [0.4, 0.5) is 4.79 Å². The van der Waals surface area contributed by atoms with Gasteiger partial charge in [-0.1, -0.05) is 23.2 Å². The van der Waals surface area contributed by atoms with Crippen LogP contribution in [0.25, 0.3) is 0 Å². The van der Waals surface area contributed by atoms with Gasteiger partial charge in [-0.25, -0.2) is 4.79 Å². The molecule has 0 radical (unpaired) electrons. The average molecular weight is 358 g/mol. The molecular weight excluding hydrogens is 337 g/mol. The lowest BCUT2D eigenvalue weighted by molar-refractivity contribution is 0.0879. The van der Waals surface area contributed by atoms with Gasteiger partial charge in [0, 0.05) is 36.1 Å². The van der Waals surface area contributed by atoms with Crippen molar-refractivity contribution in [2.75, 3.05) is 20.1 Å². The van der Waals surface area contributed by atoms with Crippen LogP contribution in [0.2, 0.25) is 10.0 Å². The molecule has 1 aliphatic carbocycles. The third kappa shape index (κ3) is 3.43. The number of aliphatic hydroxyl groups is 1. The number of carbonyl (C=O) groups excluding carboxylic acids is 1. The van der Waals surface area contributed by atoms with Gasteiger partial charge in [0.15, 0.2) is 0 Å². The van der Waals surface area contributed by atoms with Crippen LogP contribution in [-0.4, -0.2) is 48.3 Å². The maximum Gasteiger partial charge on any atom is 0.318 e. The monoisotopic (exact) mass is 357 g/mol. The minimum absolute atomic E-state index is 0.125. The lowest BCUT2D eigenvalue weighted by atomic mass is 10.1. The highest BCUT2D eigenvalue weighted by atomic mass is 35.5. The second-order valence-corrected chi connectivity index (χ2v) is 7.12. The highest BCUT2D eigenvalue weighted by Gasteiger charge is 2.38. The van der Waals surface area contributed by atoms with Gasteiger partial charge in [-0.05, 0) is 42.6 Å². The summed E-state index contributed by atoms with van der Waals surface area (Å²) in [5.41, 5.74) is 1.70. The molecule has 1 fully saturated rings. The highest BCUT2D eigenvalue weighted by Crippen LogP contribution is 2.40. The Balaban J connectivity index is 1.77. The van der Waals surface area contributed by atoms with Gasteiger partial charge in [-0.2, -0.15) is 0 Å². The number of benzene rings is 1. The number of fused-ring (bicyclic) bond motifs is 1. The number of halogens is 2. The molecular formula is C16H21Cl2N3O2. The Morgan fingerprint density at radius 2 is 2.22 bits per heavy atom. The van der Waals surface area contributed by atoms with Crippen molar-refractivity contribution in [2.45, 2.75) is 37.5 Å². The quantitative estimate of drug-likeness (QED) is 0.761. The van der Waals surface area contributed by atoms with E-state index in [0.29, 0.717) is 16.5 Å². The average Bonchev–Trinajstić information content (AvgIpc) is 2.84. The Kier molecular flexibility index (Phi) is 5.01. The lowest BCUT2D eigenvalue weighted by Gasteiger charge is -2.31. The van der Waals surface area contributed by atoms with E-state index in [1.165, 1.54) is 0 Å². The number of likely N-dealkylation sites (N-methyl/N-ethyl adjacent to an activating group) is 1. The van der Waals surface area contributed by atoms with Gasteiger partial charge >= 0.3 is 6.03 Å². The van der Waals surface area contributed by atoms with E-state index in [-0.39, 0.29) is 12.1 Å². The molecule has 0 spiro atoms. The number of piperidine rings is 1. The van der Waals surface area contributed by atoms with Crippen molar-refractivity contribution in [3.63, 3.8) is 0 Å². The van der Waals surface area contributed by atoms with Crippen molar-refractivity contribution in [2.24, 2.45) is 0 Å². The van der Waals surface area contributed by atoms with E-state index in [1.54, 1.807) is 24.1 Å². The first-order valence-electron chi connectivity index (χ1n) is 7.87. The molecule has 126 valence electrons. The summed E-state index contributed by atoms with van der Waals surface area (Å²) in [6.45, 7) is 1.77. The molecule has 3 atom stereocenters. The molecule has 23 heavy (non-hydrogen) atoms. The van der Waals surface area contributed by atoms with Crippen LogP contribution in [-0.2, 0) is 6.42 Å². The second kappa shape index (κ2) is 6.85. The normalized spacial score (nSPS) is 26.7. The maximum atomic E-state index is 12.5. The van der Waals surface area contributed by atoms with E-state index in [9.17, 15) is 9.90 Å². The van der Waals surface area contributed by atoms with Crippen molar-refractivity contribution in [3.05, 3.63) is 33.3 Å². The smallest absolute Gasteiger partial charge is 0.318 e.